The minimum atomic E-state index is -0.937. The Hall–Kier alpha value is -1.93. The molecule has 10 heterocycles. The Labute approximate surface area is 590 Å². The van der Waals surface area contributed by atoms with Crippen molar-refractivity contribution in [2.24, 2.45) is 0 Å². The number of fused-ring (bicyclic) bond motifs is 2. The lowest BCUT2D eigenvalue weighted by Gasteiger charge is -2.35. The first kappa shape index (κ1) is 73.6. The molecule has 9 unspecified atom stereocenters. The summed E-state index contributed by atoms with van der Waals surface area (Å²) in [7, 11) is 0. The van der Waals surface area contributed by atoms with Crippen LogP contribution < -0.4 is 0 Å². The maximum absolute atomic E-state index is 12.3. The highest BCUT2D eigenvalue weighted by Gasteiger charge is 2.65. The van der Waals surface area contributed by atoms with Crippen LogP contribution in [0.15, 0.2) is 25.3 Å². The van der Waals surface area contributed by atoms with Crippen LogP contribution in [0.5, 0.6) is 0 Å². The second-order valence-corrected chi connectivity index (χ2v) is 32.6. The van der Waals surface area contributed by atoms with E-state index in [9.17, 15) is 30.3 Å². The third kappa shape index (κ3) is 15.3. The minimum absolute atomic E-state index is 0.185. The summed E-state index contributed by atoms with van der Waals surface area (Å²) < 4.78 is 110. The normalized spacial score (nSPS) is 41.6. The fourth-order valence-electron chi connectivity index (χ4n) is 20.1. The lowest BCUT2D eigenvalue weighted by atomic mass is 9.94. The van der Waals surface area contributed by atoms with E-state index < -0.39 is 132 Å². The molecule has 19 atom stereocenters. The third-order valence-corrected chi connectivity index (χ3v) is 25.5. The number of hydrogen-bond donors (Lipinski definition) is 5. The van der Waals surface area contributed by atoms with Gasteiger partial charge < -0.3 is 111 Å². The van der Waals surface area contributed by atoms with E-state index in [4.69, 9.17) is 85.3 Å². The molecule has 0 radical (unpaired) electrons. The minimum Gasteiger partial charge on any atom is -0.455 e. The van der Waals surface area contributed by atoms with Gasteiger partial charge in [0, 0.05) is 103 Å². The molecule has 8 aliphatic carbocycles. The molecule has 24 heteroatoms. The maximum Gasteiger partial charge on any atom is 0.338 e. The summed E-state index contributed by atoms with van der Waals surface area (Å²) in [4.78, 5) is 12.3. The summed E-state index contributed by atoms with van der Waals surface area (Å²) in [6, 6.07) is 0. The number of cyclic esters (lactones) is 1. The number of carbonyl (C=O) groups excluding carboxylic acids is 1. The van der Waals surface area contributed by atoms with E-state index in [-0.39, 0.29) is 36.5 Å². The van der Waals surface area contributed by atoms with E-state index >= 15 is 0 Å². The van der Waals surface area contributed by atoms with Crippen molar-refractivity contribution in [1.82, 2.24) is 0 Å². The van der Waals surface area contributed by atoms with Crippen molar-refractivity contribution >= 4 is 5.97 Å². The quantitative estimate of drug-likeness (QED) is 0.100. The Morgan fingerprint density at radius 2 is 0.620 bits per heavy atom. The highest BCUT2D eigenvalue weighted by atomic mass is 16.8. The molecule has 18 aliphatic rings. The second kappa shape index (κ2) is 31.0. The van der Waals surface area contributed by atoms with Crippen LogP contribution in [0.2, 0.25) is 0 Å². The van der Waals surface area contributed by atoms with E-state index in [0.29, 0.717) is 26.4 Å². The van der Waals surface area contributed by atoms with Gasteiger partial charge in [-0.1, -0.05) is 63.5 Å². The van der Waals surface area contributed by atoms with Gasteiger partial charge in [-0.3, -0.25) is 0 Å². The van der Waals surface area contributed by atoms with E-state index in [2.05, 4.69) is 13.2 Å². The lowest BCUT2D eigenvalue weighted by molar-refractivity contribution is -0.260. The molecule has 18 rings (SSSR count). The molecule has 0 aromatic heterocycles. The van der Waals surface area contributed by atoms with Crippen LogP contribution in [0.3, 0.4) is 0 Å². The summed E-state index contributed by atoms with van der Waals surface area (Å²) in [5, 5.41) is 53.1. The SMILES string of the molecule is C=C[C@@H](O)[C@@H]1OC2(CCCCC2)OC1[C@@H](O)C1COC2(CCCCC2)O1.C=C[C@H](O)[C@@H]1OC2(CCCCC2)OC1[C@@H](O)C1COC2(CCCCC2)O1.O=C1O[C@@H](C2COC3(CCCCC3)O2)C2OC3(CCCCC3)O[C@@H]12.OC1O[C@@H](C2COC3(CCCCC3)O2)C2OC3(CCCCC3)O[C@@H]12. The van der Waals surface area contributed by atoms with Gasteiger partial charge in [-0.15, -0.1) is 13.2 Å². The van der Waals surface area contributed by atoms with Crippen LogP contribution in [0, 0.1) is 0 Å². The van der Waals surface area contributed by atoms with E-state index in [1.165, 1.54) is 63.5 Å². The van der Waals surface area contributed by atoms with Crippen molar-refractivity contribution in [2.45, 2.75) is 419 Å². The molecular weight excluding hydrogens is 1300 g/mol. The Morgan fingerprint density at radius 1 is 0.320 bits per heavy atom. The number of rotatable bonds is 10. The smallest absolute Gasteiger partial charge is 0.338 e. The molecular formula is C76H118O24. The highest BCUT2D eigenvalue weighted by Crippen LogP contribution is 2.53. The van der Waals surface area contributed by atoms with Crippen molar-refractivity contribution in [2.75, 3.05) is 26.4 Å². The molecule has 24 nitrogen and oxygen atoms in total. The predicted molar refractivity (Wildman–Crippen MR) is 354 cm³/mol. The van der Waals surface area contributed by atoms with Crippen molar-refractivity contribution in [3.63, 3.8) is 0 Å². The second-order valence-electron chi connectivity index (χ2n) is 32.6. The van der Waals surface area contributed by atoms with Gasteiger partial charge in [0.1, 0.15) is 97.7 Å². The fourth-order valence-corrected chi connectivity index (χ4v) is 20.1. The molecule has 10 saturated heterocycles. The topological polar surface area (TPSA) is 284 Å². The molecule has 8 saturated carbocycles. The van der Waals surface area contributed by atoms with Gasteiger partial charge in [0.15, 0.2) is 64.8 Å². The van der Waals surface area contributed by atoms with E-state index in [0.717, 1.165) is 205 Å². The Kier molecular flexibility index (Phi) is 22.8. The summed E-state index contributed by atoms with van der Waals surface area (Å²) in [5.41, 5.74) is 0. The van der Waals surface area contributed by atoms with Crippen LogP contribution in [0.1, 0.15) is 257 Å². The Morgan fingerprint density at radius 3 is 1.00 bits per heavy atom. The Balaban J connectivity index is 0.000000108. The predicted octanol–water partition coefficient (Wildman–Crippen LogP) is 9.48. The maximum atomic E-state index is 12.3. The van der Waals surface area contributed by atoms with Crippen LogP contribution in [-0.2, 0) is 90.1 Å². The molecule has 8 spiro atoms. The van der Waals surface area contributed by atoms with Gasteiger partial charge in [0.25, 0.3) is 0 Å². The highest BCUT2D eigenvalue weighted by molar-refractivity contribution is 5.78. The third-order valence-electron chi connectivity index (χ3n) is 25.5. The Bertz CT molecular complexity index is 2600. The molecule has 10 aliphatic heterocycles. The fraction of sp³-hybridized carbons (Fsp3) is 0.934. The molecule has 100 heavy (non-hydrogen) atoms. The number of aliphatic hydroxyl groups is 5. The molecule has 0 aromatic rings. The molecule has 0 bridgehead atoms. The van der Waals surface area contributed by atoms with Gasteiger partial charge in [0.2, 0.25) is 0 Å². The monoisotopic (exact) mass is 1410 g/mol. The molecule has 18 fully saturated rings. The van der Waals surface area contributed by atoms with Gasteiger partial charge in [-0.2, -0.15) is 0 Å². The van der Waals surface area contributed by atoms with Crippen LogP contribution in [-0.4, -0.2) is 220 Å². The van der Waals surface area contributed by atoms with E-state index in [1.54, 1.807) is 0 Å². The first-order chi connectivity index (χ1) is 48.5. The van der Waals surface area contributed by atoms with Gasteiger partial charge in [0.05, 0.1) is 26.4 Å². The summed E-state index contributed by atoms with van der Waals surface area (Å²) in [5.74, 6) is -4.77. The largest absolute Gasteiger partial charge is 0.455 e. The summed E-state index contributed by atoms with van der Waals surface area (Å²) in [6.45, 7) is 9.04. The number of carbonyl (C=O) groups is 1. The van der Waals surface area contributed by atoms with Gasteiger partial charge >= 0.3 is 5.97 Å². The van der Waals surface area contributed by atoms with Crippen LogP contribution in [0.4, 0.5) is 0 Å². The zero-order valence-corrected chi connectivity index (χ0v) is 59.1. The van der Waals surface area contributed by atoms with Crippen molar-refractivity contribution < 1.29 is 116 Å². The van der Waals surface area contributed by atoms with Crippen molar-refractivity contribution in [3.05, 3.63) is 25.3 Å². The zero-order valence-electron chi connectivity index (χ0n) is 59.1. The standard InChI is InChI=1S/2C20H32O6.C18H28O6.C18H26O6/c2*1-2-14(21)17-18(26-20(25-17)11-7-4-8-12-20)16(22)15-13-23-19(24-15)9-5-3-6-10-19;2*19-16-15-14(23-18(24-15)9-5-2-6-10-18)13(21-16)12-11-20-17(22-12)7-3-1-4-8-17/h2*2,14-18,21-22H,1,3-13H2;12-16,19H,1-11H2;12-15H,1-11H2/t14-,15?,16+,17+,18?;14-,15?,16-,17-,18?;12?,13-,14?,15+,16?;12?,13-,14?,15+/m1000/s1. The van der Waals surface area contributed by atoms with Gasteiger partial charge in [-0.05, 0) is 103 Å². The molecule has 566 valence electrons. The van der Waals surface area contributed by atoms with Crippen LogP contribution in [0.25, 0.3) is 0 Å². The first-order valence-corrected chi connectivity index (χ1v) is 39.7. The van der Waals surface area contributed by atoms with Gasteiger partial charge in [-0.25, -0.2) is 4.79 Å². The average Bonchev–Trinajstić information content (AvgIpc) is 1.60. The lowest BCUT2D eigenvalue weighted by Crippen LogP contribution is -2.48. The van der Waals surface area contributed by atoms with E-state index in [1.807, 2.05) is 0 Å². The summed E-state index contributed by atoms with van der Waals surface area (Å²) in [6.07, 6.45) is 33.3. The number of ether oxygens (including phenoxy) is 18. The molecule has 5 N–H and O–H groups in total. The summed E-state index contributed by atoms with van der Waals surface area (Å²) >= 11 is 0. The number of hydrogen-bond acceptors (Lipinski definition) is 24. The molecule has 0 aromatic carbocycles. The first-order valence-electron chi connectivity index (χ1n) is 39.7. The average molecular weight is 1420 g/mol. The molecule has 0 amide bonds. The zero-order chi connectivity index (χ0) is 68.8. The van der Waals surface area contributed by atoms with Crippen LogP contribution >= 0.6 is 0 Å². The number of esters is 1. The van der Waals surface area contributed by atoms with Crippen molar-refractivity contribution in [1.29, 1.82) is 0 Å². The number of aliphatic hydroxyl groups excluding tert-OH is 5. The van der Waals surface area contributed by atoms with Crippen molar-refractivity contribution in [3.8, 4) is 0 Å².